The summed E-state index contributed by atoms with van der Waals surface area (Å²) in [6.45, 7) is 1.88. The number of anilines is 1. The highest BCUT2D eigenvalue weighted by Crippen LogP contribution is 2.38. The van der Waals surface area contributed by atoms with E-state index in [1.807, 2.05) is 30.3 Å². The number of pyridine rings is 1. The molecule has 0 aliphatic rings. The van der Waals surface area contributed by atoms with Crippen LogP contribution in [0.2, 0.25) is 0 Å². The van der Waals surface area contributed by atoms with Gasteiger partial charge in [0.2, 0.25) is 10.0 Å². The van der Waals surface area contributed by atoms with Gasteiger partial charge in [-0.1, -0.05) is 36.4 Å². The molecule has 0 aliphatic carbocycles. The van der Waals surface area contributed by atoms with Gasteiger partial charge in [0, 0.05) is 61.1 Å². The van der Waals surface area contributed by atoms with E-state index in [2.05, 4.69) is 10.4 Å². The van der Waals surface area contributed by atoms with Crippen molar-refractivity contribution in [3.63, 3.8) is 0 Å². The molecule has 0 aliphatic heterocycles. The van der Waals surface area contributed by atoms with E-state index in [4.69, 9.17) is 9.47 Å². The highest BCUT2D eigenvalue weighted by molar-refractivity contribution is 7.89. The van der Waals surface area contributed by atoms with E-state index in [0.29, 0.717) is 27.9 Å². The molecule has 0 bridgehead atoms. The Balaban J connectivity index is 1.18. The molecule has 0 spiro atoms. The van der Waals surface area contributed by atoms with Crippen LogP contribution in [0.1, 0.15) is 17.3 Å². The highest BCUT2D eigenvalue weighted by atomic mass is 32.2. The number of ether oxygens (including phenoxy) is 2. The Hall–Kier alpha value is -6.64. The topological polar surface area (TPSA) is 124 Å². The molecular formula is C41H33F2N5O6S. The van der Waals surface area contributed by atoms with E-state index in [1.54, 1.807) is 48.0 Å². The minimum Gasteiger partial charge on any atom is -0.493 e. The Morgan fingerprint density at radius 3 is 2.29 bits per heavy atom. The molecule has 55 heavy (non-hydrogen) atoms. The van der Waals surface area contributed by atoms with Crippen molar-refractivity contribution in [2.24, 2.45) is 0 Å². The van der Waals surface area contributed by atoms with Gasteiger partial charge in [0.15, 0.2) is 17.3 Å². The second-order valence-corrected chi connectivity index (χ2v) is 14.5. The van der Waals surface area contributed by atoms with Crippen molar-refractivity contribution >= 4 is 27.1 Å². The fourth-order valence-electron chi connectivity index (χ4n) is 6.09. The molecule has 11 nitrogen and oxygen atoms in total. The Bertz CT molecular complexity index is 2750. The number of aromatic nitrogens is 3. The third kappa shape index (κ3) is 7.20. The molecule has 0 radical (unpaired) electrons. The lowest BCUT2D eigenvalue weighted by molar-refractivity contribution is 0.102. The van der Waals surface area contributed by atoms with Gasteiger partial charge >= 0.3 is 0 Å². The zero-order valence-electron chi connectivity index (χ0n) is 29.7. The standard InChI is InChI=1S/C41H33F2N5O6S/c1-4-53-35-20-22-47(30-15-12-28(42)13-16-30)41(50)38(35)40(49)45-29-14-17-34(33(43)25-29)54-36-18-21-44-48-23-19-32(39(36)48)27-9-7-8-26(24-27)31-10-5-6-11-37(31)55(51,52)46(2)3/h5-25H,4H2,1-3H3,(H,45,49). The molecule has 0 fully saturated rings. The highest BCUT2D eigenvalue weighted by Gasteiger charge is 2.23. The number of carbonyl (C=O) groups excluding carboxylic acids is 1. The number of halogens is 2. The van der Waals surface area contributed by atoms with Crippen molar-refractivity contribution in [3.8, 4) is 45.2 Å². The number of hydrogen-bond donors (Lipinski definition) is 1. The maximum atomic E-state index is 15.7. The second kappa shape index (κ2) is 15.0. The number of benzene rings is 4. The minimum absolute atomic E-state index is 0.0295. The first-order valence-electron chi connectivity index (χ1n) is 17.0. The average molecular weight is 762 g/mol. The molecule has 7 aromatic rings. The van der Waals surface area contributed by atoms with Crippen molar-refractivity contribution in [2.75, 3.05) is 26.0 Å². The van der Waals surface area contributed by atoms with Crippen LogP contribution < -0.4 is 20.3 Å². The normalized spacial score (nSPS) is 11.5. The van der Waals surface area contributed by atoms with E-state index in [0.717, 1.165) is 11.6 Å². The third-order valence-corrected chi connectivity index (χ3v) is 10.6. The summed E-state index contributed by atoms with van der Waals surface area (Å²) in [6.07, 6.45) is 4.66. The first-order chi connectivity index (χ1) is 26.5. The van der Waals surface area contributed by atoms with Crippen molar-refractivity contribution in [2.45, 2.75) is 11.8 Å². The van der Waals surface area contributed by atoms with Gasteiger partial charge in [-0.2, -0.15) is 5.10 Å². The number of amides is 1. The second-order valence-electron chi connectivity index (χ2n) is 12.4. The largest absolute Gasteiger partial charge is 0.493 e. The van der Waals surface area contributed by atoms with Crippen molar-refractivity contribution in [1.29, 1.82) is 0 Å². The SMILES string of the molecule is CCOc1ccn(-c2ccc(F)cc2)c(=O)c1C(=O)Nc1ccc(Oc2ccnn3ccc(-c4cccc(-c5ccccc5S(=O)(=O)N(C)C)c4)c23)c(F)c1. The van der Waals surface area contributed by atoms with Crippen LogP contribution in [-0.4, -0.2) is 53.5 Å². The molecule has 0 saturated carbocycles. The van der Waals surface area contributed by atoms with E-state index in [9.17, 15) is 22.4 Å². The fourth-order valence-corrected chi connectivity index (χ4v) is 7.20. The van der Waals surface area contributed by atoms with E-state index >= 15 is 4.39 Å². The monoisotopic (exact) mass is 761 g/mol. The molecule has 0 unspecified atom stereocenters. The molecular weight excluding hydrogens is 729 g/mol. The van der Waals surface area contributed by atoms with Crippen molar-refractivity contribution in [1.82, 2.24) is 18.5 Å². The number of rotatable bonds is 11. The Labute approximate surface area is 314 Å². The molecule has 1 N–H and O–H groups in total. The Kier molecular flexibility index (Phi) is 10.0. The van der Waals surface area contributed by atoms with Gasteiger partial charge in [-0.05, 0) is 78.7 Å². The number of fused-ring (bicyclic) bond motifs is 1. The number of nitrogens with one attached hydrogen (secondary N) is 1. The van der Waals surface area contributed by atoms with Crippen LogP contribution in [0.5, 0.6) is 17.2 Å². The van der Waals surface area contributed by atoms with Crippen LogP contribution >= 0.6 is 0 Å². The van der Waals surface area contributed by atoms with Crippen molar-refractivity contribution in [3.05, 3.63) is 155 Å². The summed E-state index contributed by atoms with van der Waals surface area (Å²) in [5, 5.41) is 6.96. The van der Waals surface area contributed by atoms with Gasteiger partial charge in [0.05, 0.1) is 17.7 Å². The maximum Gasteiger partial charge on any atom is 0.271 e. The quantitative estimate of drug-likeness (QED) is 0.143. The zero-order chi connectivity index (χ0) is 38.9. The number of carbonyl (C=O) groups is 1. The fraction of sp³-hybridized carbons (Fsp3) is 0.0976. The lowest BCUT2D eigenvalue weighted by Gasteiger charge is -2.16. The van der Waals surface area contributed by atoms with Crippen LogP contribution in [0, 0.1) is 11.6 Å². The average Bonchev–Trinajstić information content (AvgIpc) is 3.62. The summed E-state index contributed by atoms with van der Waals surface area (Å²) < 4.78 is 71.1. The lowest BCUT2D eigenvalue weighted by Crippen LogP contribution is -2.29. The first kappa shape index (κ1) is 36.7. The maximum absolute atomic E-state index is 15.7. The summed E-state index contributed by atoms with van der Waals surface area (Å²) in [5.74, 6) is -1.97. The first-order valence-corrected chi connectivity index (χ1v) is 18.4. The molecule has 3 heterocycles. The summed E-state index contributed by atoms with van der Waals surface area (Å²) >= 11 is 0. The smallest absolute Gasteiger partial charge is 0.271 e. The third-order valence-electron chi connectivity index (χ3n) is 8.74. The molecule has 278 valence electrons. The van der Waals surface area contributed by atoms with Crippen LogP contribution in [0.3, 0.4) is 0 Å². The molecule has 7 rings (SSSR count). The van der Waals surface area contributed by atoms with E-state index in [-0.39, 0.29) is 40.0 Å². The van der Waals surface area contributed by atoms with Crippen LogP contribution in [0.4, 0.5) is 14.5 Å². The molecule has 0 atom stereocenters. The Morgan fingerprint density at radius 1 is 0.818 bits per heavy atom. The van der Waals surface area contributed by atoms with Gasteiger partial charge in [-0.15, -0.1) is 0 Å². The summed E-state index contributed by atoms with van der Waals surface area (Å²) in [6, 6.07) is 28.1. The Morgan fingerprint density at radius 2 is 1.56 bits per heavy atom. The number of hydrogen-bond acceptors (Lipinski definition) is 7. The molecule has 3 aromatic heterocycles. The summed E-state index contributed by atoms with van der Waals surface area (Å²) in [5.41, 5.74) is 2.51. The van der Waals surface area contributed by atoms with Gasteiger partial charge in [-0.25, -0.2) is 26.0 Å². The zero-order valence-corrected chi connectivity index (χ0v) is 30.6. The minimum atomic E-state index is -3.74. The molecule has 4 aromatic carbocycles. The number of nitrogens with zero attached hydrogens (tertiary/aromatic N) is 4. The van der Waals surface area contributed by atoms with Gasteiger partial charge in [0.1, 0.15) is 22.6 Å². The van der Waals surface area contributed by atoms with Gasteiger partial charge < -0.3 is 14.8 Å². The van der Waals surface area contributed by atoms with E-state index in [1.165, 1.54) is 77.8 Å². The van der Waals surface area contributed by atoms with Gasteiger partial charge in [0.25, 0.3) is 11.5 Å². The summed E-state index contributed by atoms with van der Waals surface area (Å²) in [7, 11) is -0.773. The van der Waals surface area contributed by atoms with E-state index < -0.39 is 33.1 Å². The predicted molar refractivity (Wildman–Crippen MR) is 205 cm³/mol. The summed E-state index contributed by atoms with van der Waals surface area (Å²) in [4.78, 5) is 27.2. The van der Waals surface area contributed by atoms with Crippen molar-refractivity contribution < 1.29 is 31.5 Å². The predicted octanol–water partition coefficient (Wildman–Crippen LogP) is 7.79. The molecule has 0 saturated heterocycles. The lowest BCUT2D eigenvalue weighted by atomic mass is 9.99. The molecule has 1 amide bonds. The van der Waals surface area contributed by atoms with Gasteiger partial charge in [-0.3, -0.25) is 14.2 Å². The molecule has 14 heteroatoms. The number of sulfonamides is 1. The van der Waals surface area contributed by atoms with Crippen LogP contribution in [0.25, 0.3) is 33.5 Å². The van der Waals surface area contributed by atoms with Crippen LogP contribution in [-0.2, 0) is 10.0 Å². The van der Waals surface area contributed by atoms with Crippen LogP contribution in [0.15, 0.2) is 137 Å².